The Morgan fingerprint density at radius 3 is 1.84 bits per heavy atom. The van der Waals surface area contributed by atoms with Crippen molar-refractivity contribution in [3.8, 4) is 0 Å². The Morgan fingerprint density at radius 2 is 1.40 bits per heavy atom. The van der Waals surface area contributed by atoms with Gasteiger partial charge in [-0.3, -0.25) is 4.79 Å². The van der Waals surface area contributed by atoms with Gasteiger partial charge in [0.1, 0.15) is 0 Å². The van der Waals surface area contributed by atoms with E-state index in [0.717, 1.165) is 12.8 Å². The van der Waals surface area contributed by atoms with Gasteiger partial charge in [0, 0.05) is 13.0 Å². The highest BCUT2D eigenvalue weighted by Crippen LogP contribution is 2.12. The molecule has 0 fully saturated rings. The minimum atomic E-state index is -0.870. The largest absolute Gasteiger partial charge is 0.870 e. The van der Waals surface area contributed by atoms with Gasteiger partial charge in [-0.25, -0.2) is 4.79 Å². The Labute approximate surface area is 153 Å². The first-order valence-electron chi connectivity index (χ1n) is 9.67. The summed E-state index contributed by atoms with van der Waals surface area (Å²) in [4.78, 5) is 23.3. The first-order chi connectivity index (χ1) is 11.3. The summed E-state index contributed by atoms with van der Waals surface area (Å²) in [5.74, 6) is -0.895. The molecule has 0 aromatic heterocycles. The smallest absolute Gasteiger partial charge is 0.359 e. The van der Waals surface area contributed by atoms with Crippen molar-refractivity contribution in [1.82, 2.24) is 5.32 Å². The number of nitrogens with zero attached hydrogens (tertiary/aromatic N) is 1. The highest BCUT2D eigenvalue weighted by atomic mass is 16.4. The summed E-state index contributed by atoms with van der Waals surface area (Å²) in [7, 11) is 3.61. The van der Waals surface area contributed by atoms with Crippen molar-refractivity contribution in [3.05, 3.63) is 0 Å². The molecule has 25 heavy (non-hydrogen) atoms. The number of quaternary nitrogens is 1. The molecule has 0 spiro atoms. The van der Waals surface area contributed by atoms with Crippen LogP contribution in [0.4, 0.5) is 0 Å². The zero-order valence-corrected chi connectivity index (χ0v) is 16.7. The summed E-state index contributed by atoms with van der Waals surface area (Å²) >= 11 is 0. The molecule has 0 bridgehead atoms. The average molecular weight is 361 g/mol. The van der Waals surface area contributed by atoms with Crippen molar-refractivity contribution < 1.29 is 24.7 Å². The third-order valence-corrected chi connectivity index (χ3v) is 4.66. The zero-order chi connectivity index (χ0) is 18.4. The van der Waals surface area contributed by atoms with Crippen LogP contribution in [0.15, 0.2) is 0 Å². The van der Waals surface area contributed by atoms with E-state index in [0.29, 0.717) is 13.0 Å². The Bertz CT molecular complexity index is 359. The summed E-state index contributed by atoms with van der Waals surface area (Å²) in [5, 5.41) is 12.0. The number of carbonyl (C=O) groups is 2. The molecule has 0 saturated heterocycles. The van der Waals surface area contributed by atoms with Crippen LogP contribution >= 0.6 is 0 Å². The van der Waals surface area contributed by atoms with Crippen molar-refractivity contribution in [2.24, 2.45) is 0 Å². The molecule has 6 nitrogen and oxygen atoms in total. The van der Waals surface area contributed by atoms with Crippen LogP contribution < -0.4 is 5.32 Å². The standard InChI is InChI=1S/C19H38N2O3.H2O/c1-5-7-8-9-10-11-12-13-14-15-20-19(24)17(6-2)21(3,4)16-18(22)23;/h17H,5-16H2,1-4H3,(H-,20,22,23,24);1H2. The minimum absolute atomic E-state index is 0. The van der Waals surface area contributed by atoms with Crippen LogP contribution in [0.5, 0.6) is 0 Å². The number of carbonyl (C=O) groups excluding carboxylic acids is 1. The molecular weight excluding hydrogens is 320 g/mol. The van der Waals surface area contributed by atoms with Crippen LogP contribution in [-0.2, 0) is 9.59 Å². The molecule has 0 aliphatic rings. The van der Waals surface area contributed by atoms with Gasteiger partial charge in [-0.05, 0) is 6.42 Å². The van der Waals surface area contributed by atoms with Crippen molar-refractivity contribution in [2.45, 2.75) is 84.1 Å². The van der Waals surface area contributed by atoms with E-state index in [1.165, 1.54) is 44.9 Å². The number of likely N-dealkylation sites (N-methyl/N-ethyl adjacent to an activating group) is 1. The third-order valence-electron chi connectivity index (χ3n) is 4.66. The van der Waals surface area contributed by atoms with E-state index in [9.17, 15) is 9.59 Å². The fourth-order valence-electron chi connectivity index (χ4n) is 3.22. The van der Waals surface area contributed by atoms with Gasteiger partial charge in [-0.2, -0.15) is 0 Å². The first-order valence-corrected chi connectivity index (χ1v) is 9.67. The normalized spacial score (nSPS) is 12.3. The molecule has 1 amide bonds. The molecule has 0 aliphatic heterocycles. The SMILES string of the molecule is CCCCCCCCCCCNC(=O)C(CC)[N+](C)(C)CC(=O)O.[OH-]. The Morgan fingerprint density at radius 1 is 0.920 bits per heavy atom. The van der Waals surface area contributed by atoms with Gasteiger partial charge >= 0.3 is 5.97 Å². The third kappa shape index (κ3) is 12.8. The lowest BCUT2D eigenvalue weighted by molar-refractivity contribution is -0.899. The Balaban J connectivity index is 0. The number of hydrogen-bond donors (Lipinski definition) is 2. The van der Waals surface area contributed by atoms with E-state index in [1.54, 1.807) is 14.1 Å². The second-order valence-corrected chi connectivity index (χ2v) is 7.37. The molecule has 0 radical (unpaired) electrons. The number of unbranched alkanes of at least 4 members (excludes halogenated alkanes) is 8. The summed E-state index contributed by atoms with van der Waals surface area (Å²) in [6.45, 7) is 4.83. The van der Waals surface area contributed by atoms with Crippen LogP contribution in [0, 0.1) is 0 Å². The van der Waals surface area contributed by atoms with Crippen molar-refractivity contribution in [2.75, 3.05) is 27.2 Å². The second-order valence-electron chi connectivity index (χ2n) is 7.37. The highest BCUT2D eigenvalue weighted by Gasteiger charge is 2.34. The first kappa shape index (κ1) is 26.1. The van der Waals surface area contributed by atoms with Gasteiger partial charge in [0.05, 0.1) is 14.1 Å². The van der Waals surface area contributed by atoms with Crippen LogP contribution in [0.25, 0.3) is 0 Å². The maximum Gasteiger partial charge on any atom is 0.359 e. The monoisotopic (exact) mass is 360 g/mol. The summed E-state index contributed by atoms with van der Waals surface area (Å²) in [6, 6.07) is -0.306. The van der Waals surface area contributed by atoms with Crippen LogP contribution in [-0.4, -0.2) is 60.2 Å². The molecule has 0 saturated carbocycles. The molecule has 0 aliphatic carbocycles. The number of carboxylic acids is 1. The van der Waals surface area contributed by atoms with Gasteiger partial charge < -0.3 is 20.4 Å². The minimum Gasteiger partial charge on any atom is -0.870 e. The van der Waals surface area contributed by atoms with Gasteiger partial charge in [0.15, 0.2) is 12.6 Å². The van der Waals surface area contributed by atoms with Gasteiger partial charge in [0.25, 0.3) is 5.91 Å². The van der Waals surface area contributed by atoms with Crippen molar-refractivity contribution in [1.29, 1.82) is 0 Å². The maximum absolute atomic E-state index is 12.3. The van der Waals surface area contributed by atoms with E-state index < -0.39 is 5.97 Å². The topological polar surface area (TPSA) is 96.4 Å². The predicted molar refractivity (Wildman–Crippen MR) is 101 cm³/mol. The van der Waals surface area contributed by atoms with Crippen molar-refractivity contribution in [3.63, 3.8) is 0 Å². The Kier molecular flexibility index (Phi) is 15.8. The van der Waals surface area contributed by atoms with Crippen molar-refractivity contribution >= 4 is 11.9 Å². The van der Waals surface area contributed by atoms with E-state index in [4.69, 9.17) is 5.11 Å². The van der Waals surface area contributed by atoms with E-state index in [2.05, 4.69) is 12.2 Å². The zero-order valence-electron chi connectivity index (χ0n) is 16.7. The van der Waals surface area contributed by atoms with Gasteiger partial charge in [-0.1, -0.05) is 65.2 Å². The number of rotatable bonds is 15. The predicted octanol–water partition coefficient (Wildman–Crippen LogP) is 3.40. The molecule has 0 aromatic carbocycles. The van der Waals surface area contributed by atoms with Gasteiger partial charge in [-0.15, -0.1) is 0 Å². The molecule has 1 unspecified atom stereocenters. The lowest BCUT2D eigenvalue weighted by Crippen LogP contribution is -2.58. The number of amides is 1. The summed E-state index contributed by atoms with van der Waals surface area (Å²) < 4.78 is 0.190. The lowest BCUT2D eigenvalue weighted by Gasteiger charge is -2.35. The van der Waals surface area contributed by atoms with Crippen LogP contribution in [0.2, 0.25) is 0 Å². The molecular formula is C19H40N2O4. The van der Waals surface area contributed by atoms with Crippen LogP contribution in [0.3, 0.4) is 0 Å². The Hall–Kier alpha value is -1.14. The average Bonchev–Trinajstić information content (AvgIpc) is 2.48. The highest BCUT2D eigenvalue weighted by molar-refractivity contribution is 5.81. The fourth-order valence-corrected chi connectivity index (χ4v) is 3.22. The number of carboxylic acid groups (broad SMARTS) is 1. The lowest BCUT2D eigenvalue weighted by atomic mass is 10.1. The van der Waals surface area contributed by atoms with E-state index in [-0.39, 0.29) is 28.5 Å². The molecule has 0 heterocycles. The van der Waals surface area contributed by atoms with E-state index >= 15 is 0 Å². The molecule has 150 valence electrons. The summed E-state index contributed by atoms with van der Waals surface area (Å²) in [6.07, 6.45) is 12.0. The molecule has 3 N–H and O–H groups in total. The molecule has 0 rings (SSSR count). The second kappa shape index (κ2) is 15.1. The quantitative estimate of drug-likeness (QED) is 0.345. The molecule has 0 aromatic rings. The summed E-state index contributed by atoms with van der Waals surface area (Å²) in [5.41, 5.74) is 0. The maximum atomic E-state index is 12.3. The van der Waals surface area contributed by atoms with Gasteiger partial charge in [0.2, 0.25) is 0 Å². The number of aliphatic carboxylic acids is 1. The molecule has 6 heteroatoms. The van der Waals surface area contributed by atoms with Crippen LogP contribution in [0.1, 0.15) is 78.1 Å². The number of hydrogen-bond acceptors (Lipinski definition) is 3. The number of nitrogens with one attached hydrogen (secondary N) is 1. The van der Waals surface area contributed by atoms with E-state index in [1.807, 2.05) is 6.92 Å². The fraction of sp³-hybridized carbons (Fsp3) is 0.895. The molecule has 1 atom stereocenters.